The average Bonchev–Trinajstić information content (AvgIpc) is 3.38. The van der Waals surface area contributed by atoms with Crippen molar-refractivity contribution < 1.29 is 9.53 Å². The number of piperazine rings is 1. The number of nitrogens with one attached hydrogen (secondary N) is 1. The van der Waals surface area contributed by atoms with Gasteiger partial charge in [0, 0.05) is 45.0 Å². The highest BCUT2D eigenvalue weighted by molar-refractivity contribution is 5.78. The Morgan fingerprint density at radius 3 is 2.57 bits per heavy atom. The van der Waals surface area contributed by atoms with Crippen LogP contribution < -0.4 is 15.0 Å². The van der Waals surface area contributed by atoms with Crippen LogP contribution in [0, 0.1) is 0 Å². The van der Waals surface area contributed by atoms with Crippen molar-refractivity contribution in [3.05, 3.63) is 24.3 Å². The lowest BCUT2D eigenvalue weighted by Gasteiger charge is -2.29. The van der Waals surface area contributed by atoms with Gasteiger partial charge in [0.05, 0.1) is 0 Å². The Morgan fingerprint density at radius 1 is 1.29 bits per heavy atom. The predicted molar refractivity (Wildman–Crippen MR) is 82.8 cm³/mol. The van der Waals surface area contributed by atoms with Gasteiger partial charge in [0.15, 0.2) is 6.61 Å². The fourth-order valence-corrected chi connectivity index (χ4v) is 2.59. The number of rotatable bonds is 5. The number of nitrogens with zero attached hydrogens (tertiary/aromatic N) is 2. The topological polar surface area (TPSA) is 44.8 Å². The van der Waals surface area contributed by atoms with Crippen molar-refractivity contribution in [1.29, 1.82) is 0 Å². The Hall–Kier alpha value is -1.75. The summed E-state index contributed by atoms with van der Waals surface area (Å²) in [5.41, 5.74) is 1.21. The molecule has 3 rings (SSSR count). The van der Waals surface area contributed by atoms with Crippen molar-refractivity contribution in [3.63, 3.8) is 0 Å². The van der Waals surface area contributed by atoms with Gasteiger partial charge >= 0.3 is 0 Å². The molecule has 5 nitrogen and oxygen atoms in total. The Labute approximate surface area is 125 Å². The highest BCUT2D eigenvalue weighted by Crippen LogP contribution is 2.25. The van der Waals surface area contributed by atoms with Gasteiger partial charge in [-0.1, -0.05) is 0 Å². The summed E-state index contributed by atoms with van der Waals surface area (Å²) < 4.78 is 5.59. The molecule has 1 aliphatic carbocycles. The van der Waals surface area contributed by atoms with Crippen molar-refractivity contribution in [3.8, 4) is 5.75 Å². The van der Waals surface area contributed by atoms with E-state index in [1.165, 1.54) is 5.69 Å². The van der Waals surface area contributed by atoms with Crippen LogP contribution in [0.1, 0.15) is 12.8 Å². The summed E-state index contributed by atoms with van der Waals surface area (Å²) in [6, 6.07) is 8.46. The van der Waals surface area contributed by atoms with Crippen LogP contribution >= 0.6 is 0 Å². The van der Waals surface area contributed by atoms with Gasteiger partial charge in [0.1, 0.15) is 5.75 Å². The van der Waals surface area contributed by atoms with E-state index in [9.17, 15) is 4.79 Å². The van der Waals surface area contributed by atoms with Gasteiger partial charge in [-0.2, -0.15) is 0 Å². The second-order valence-corrected chi connectivity index (χ2v) is 5.76. The lowest BCUT2D eigenvalue weighted by atomic mass is 10.2. The average molecular weight is 289 g/mol. The molecule has 0 unspecified atom stereocenters. The molecule has 0 bridgehead atoms. The largest absolute Gasteiger partial charge is 0.484 e. The van der Waals surface area contributed by atoms with Crippen LogP contribution in [0.2, 0.25) is 0 Å². The molecule has 1 aromatic rings. The Morgan fingerprint density at radius 2 is 1.95 bits per heavy atom. The number of hydrogen-bond acceptors (Lipinski definition) is 4. The molecule has 1 aromatic carbocycles. The number of anilines is 1. The van der Waals surface area contributed by atoms with E-state index in [-0.39, 0.29) is 12.5 Å². The molecule has 1 N–H and O–H groups in total. The zero-order valence-electron chi connectivity index (χ0n) is 12.5. The number of carbonyl (C=O) groups excluding carboxylic acids is 1. The fourth-order valence-electron chi connectivity index (χ4n) is 2.59. The van der Waals surface area contributed by atoms with Crippen molar-refractivity contribution in [2.24, 2.45) is 0 Å². The van der Waals surface area contributed by atoms with Crippen LogP contribution in [0.15, 0.2) is 24.3 Å². The van der Waals surface area contributed by atoms with E-state index >= 15 is 0 Å². The lowest BCUT2D eigenvalue weighted by Crippen LogP contribution is -2.43. The van der Waals surface area contributed by atoms with E-state index in [2.05, 4.69) is 22.3 Å². The fraction of sp³-hybridized carbons (Fsp3) is 0.562. The van der Waals surface area contributed by atoms with Gasteiger partial charge in [-0.05, 0) is 37.1 Å². The Kier molecular flexibility index (Phi) is 4.29. The molecular weight excluding hydrogens is 266 g/mol. The SMILES string of the molecule is CN(C(=O)COc1ccc(N2CCNCC2)cc1)C1CC1. The van der Waals surface area contributed by atoms with Crippen LogP contribution in [0.3, 0.4) is 0 Å². The molecular formula is C16H23N3O2. The van der Waals surface area contributed by atoms with Crippen molar-refractivity contribution in [2.45, 2.75) is 18.9 Å². The van der Waals surface area contributed by atoms with Crippen LogP contribution in [0.4, 0.5) is 5.69 Å². The second kappa shape index (κ2) is 6.35. The molecule has 2 fully saturated rings. The number of ether oxygens (including phenoxy) is 1. The summed E-state index contributed by atoms with van der Waals surface area (Å²) in [4.78, 5) is 16.1. The van der Waals surface area contributed by atoms with E-state index in [1.807, 2.05) is 19.2 Å². The van der Waals surface area contributed by atoms with Gasteiger partial charge < -0.3 is 19.9 Å². The summed E-state index contributed by atoms with van der Waals surface area (Å²) in [5, 5.41) is 3.34. The first kappa shape index (κ1) is 14.2. The standard InChI is InChI=1S/C16H23N3O2/c1-18(13-2-3-13)16(20)12-21-15-6-4-14(5-7-15)19-10-8-17-9-11-19/h4-7,13,17H,2-3,8-12H2,1H3. The van der Waals surface area contributed by atoms with E-state index in [1.54, 1.807) is 4.90 Å². The van der Waals surface area contributed by atoms with Crippen LogP contribution in [-0.2, 0) is 4.79 Å². The molecule has 1 aliphatic heterocycles. The minimum atomic E-state index is 0.0590. The maximum absolute atomic E-state index is 11.9. The maximum Gasteiger partial charge on any atom is 0.260 e. The number of amides is 1. The molecule has 21 heavy (non-hydrogen) atoms. The number of benzene rings is 1. The molecule has 5 heteroatoms. The first-order chi connectivity index (χ1) is 10.2. The first-order valence-electron chi connectivity index (χ1n) is 7.68. The van der Waals surface area contributed by atoms with Crippen LogP contribution in [-0.4, -0.2) is 56.7 Å². The summed E-state index contributed by atoms with van der Waals surface area (Å²) in [6.07, 6.45) is 2.25. The van der Waals surface area contributed by atoms with Gasteiger partial charge in [0.25, 0.3) is 5.91 Å². The molecule has 1 saturated carbocycles. The third kappa shape index (κ3) is 3.67. The third-order valence-electron chi connectivity index (χ3n) is 4.17. The van der Waals surface area contributed by atoms with E-state index in [0.29, 0.717) is 6.04 Å². The predicted octanol–water partition coefficient (Wildman–Crippen LogP) is 1.10. The first-order valence-corrected chi connectivity index (χ1v) is 7.68. The third-order valence-corrected chi connectivity index (χ3v) is 4.17. The van der Waals surface area contributed by atoms with E-state index < -0.39 is 0 Å². The zero-order chi connectivity index (χ0) is 14.7. The number of carbonyl (C=O) groups is 1. The van der Waals surface area contributed by atoms with Gasteiger partial charge in [-0.15, -0.1) is 0 Å². The quantitative estimate of drug-likeness (QED) is 0.881. The van der Waals surface area contributed by atoms with Crippen molar-refractivity contribution >= 4 is 11.6 Å². The molecule has 1 amide bonds. The van der Waals surface area contributed by atoms with Gasteiger partial charge in [-0.25, -0.2) is 0 Å². The smallest absolute Gasteiger partial charge is 0.260 e. The Balaban J connectivity index is 1.50. The molecule has 1 saturated heterocycles. The normalized spacial score (nSPS) is 18.4. The van der Waals surface area contributed by atoms with Crippen molar-refractivity contribution in [2.75, 3.05) is 44.7 Å². The summed E-state index contributed by atoms with van der Waals surface area (Å²) >= 11 is 0. The summed E-state index contributed by atoms with van der Waals surface area (Å²) in [7, 11) is 1.86. The highest BCUT2D eigenvalue weighted by atomic mass is 16.5. The molecule has 0 spiro atoms. The summed E-state index contributed by atoms with van der Waals surface area (Å²) in [5.74, 6) is 0.815. The molecule has 1 heterocycles. The summed E-state index contributed by atoms with van der Waals surface area (Å²) in [6.45, 7) is 4.25. The maximum atomic E-state index is 11.9. The molecule has 0 atom stereocenters. The second-order valence-electron chi connectivity index (χ2n) is 5.76. The van der Waals surface area contributed by atoms with E-state index in [4.69, 9.17) is 4.74 Å². The molecule has 114 valence electrons. The Bertz CT molecular complexity index is 479. The number of hydrogen-bond donors (Lipinski definition) is 1. The minimum absolute atomic E-state index is 0.0590. The van der Waals surface area contributed by atoms with Gasteiger partial charge in [0.2, 0.25) is 0 Å². The molecule has 0 aromatic heterocycles. The highest BCUT2D eigenvalue weighted by Gasteiger charge is 2.29. The lowest BCUT2D eigenvalue weighted by molar-refractivity contribution is -0.132. The molecule has 2 aliphatic rings. The zero-order valence-corrected chi connectivity index (χ0v) is 12.5. The monoisotopic (exact) mass is 289 g/mol. The minimum Gasteiger partial charge on any atom is -0.484 e. The van der Waals surface area contributed by atoms with Crippen molar-refractivity contribution in [1.82, 2.24) is 10.2 Å². The number of likely N-dealkylation sites (N-methyl/N-ethyl adjacent to an activating group) is 1. The molecule has 0 radical (unpaired) electrons. The van der Waals surface area contributed by atoms with Crippen LogP contribution in [0.25, 0.3) is 0 Å². The van der Waals surface area contributed by atoms with Crippen LogP contribution in [0.5, 0.6) is 5.75 Å². The van der Waals surface area contributed by atoms with Gasteiger partial charge in [-0.3, -0.25) is 4.79 Å². The van der Waals surface area contributed by atoms with E-state index in [0.717, 1.165) is 44.8 Å².